The summed E-state index contributed by atoms with van der Waals surface area (Å²) in [6.07, 6.45) is 2.49. The summed E-state index contributed by atoms with van der Waals surface area (Å²) in [5, 5.41) is 21.7. The number of aliphatic hydroxyl groups is 1. The molecule has 0 spiro atoms. The molecule has 1 atom stereocenters. The highest BCUT2D eigenvalue weighted by molar-refractivity contribution is 5.25. The van der Waals surface area contributed by atoms with Gasteiger partial charge in [-0.2, -0.15) is 5.10 Å². The Kier molecular flexibility index (Phi) is 2.28. The summed E-state index contributed by atoms with van der Waals surface area (Å²) < 4.78 is 3.28. The van der Waals surface area contributed by atoms with Crippen molar-refractivity contribution in [3.8, 4) is 0 Å². The molecule has 1 N–H and O–H groups in total. The maximum Gasteiger partial charge on any atom is 0.126 e. The zero-order chi connectivity index (χ0) is 11.0. The van der Waals surface area contributed by atoms with Crippen LogP contribution in [0.5, 0.6) is 0 Å². The molecular formula is C9H13N5O. The van der Waals surface area contributed by atoms with Crippen molar-refractivity contribution in [3.05, 3.63) is 29.3 Å². The van der Waals surface area contributed by atoms with Gasteiger partial charge in [-0.1, -0.05) is 5.21 Å². The monoisotopic (exact) mass is 207 g/mol. The average Bonchev–Trinajstić information content (AvgIpc) is 2.75. The first-order valence-corrected chi connectivity index (χ1v) is 4.62. The summed E-state index contributed by atoms with van der Waals surface area (Å²) in [5.41, 5.74) is 2.37. The van der Waals surface area contributed by atoms with Crippen molar-refractivity contribution < 1.29 is 5.11 Å². The van der Waals surface area contributed by atoms with Gasteiger partial charge in [0.2, 0.25) is 0 Å². The largest absolute Gasteiger partial charge is 0.382 e. The molecule has 0 aromatic carbocycles. The fourth-order valence-electron chi connectivity index (χ4n) is 1.49. The topological polar surface area (TPSA) is 68.8 Å². The van der Waals surface area contributed by atoms with E-state index in [1.165, 1.54) is 0 Å². The Morgan fingerprint density at radius 2 is 2.00 bits per heavy atom. The van der Waals surface area contributed by atoms with Crippen molar-refractivity contribution in [2.75, 3.05) is 0 Å². The molecule has 0 saturated heterocycles. The van der Waals surface area contributed by atoms with Crippen LogP contribution < -0.4 is 0 Å². The Labute approximate surface area is 87.1 Å². The molecule has 0 bridgehead atoms. The normalized spacial score (nSPS) is 13.1. The number of nitrogens with zero attached hydrogens (tertiary/aromatic N) is 5. The molecule has 2 heterocycles. The quantitative estimate of drug-likeness (QED) is 0.749. The van der Waals surface area contributed by atoms with Gasteiger partial charge < -0.3 is 5.11 Å². The van der Waals surface area contributed by atoms with Crippen molar-refractivity contribution in [2.24, 2.45) is 14.1 Å². The first-order chi connectivity index (χ1) is 7.11. The Morgan fingerprint density at radius 3 is 2.47 bits per heavy atom. The summed E-state index contributed by atoms with van der Waals surface area (Å²) in [5.74, 6) is 0. The van der Waals surface area contributed by atoms with E-state index in [0.29, 0.717) is 5.69 Å². The van der Waals surface area contributed by atoms with E-state index in [2.05, 4.69) is 15.4 Å². The van der Waals surface area contributed by atoms with Gasteiger partial charge in [0.1, 0.15) is 6.10 Å². The minimum atomic E-state index is -0.723. The van der Waals surface area contributed by atoms with E-state index < -0.39 is 6.10 Å². The smallest absolute Gasteiger partial charge is 0.126 e. The third kappa shape index (κ3) is 1.52. The molecule has 0 aliphatic rings. The van der Waals surface area contributed by atoms with Gasteiger partial charge in [-0.3, -0.25) is 4.68 Å². The lowest BCUT2D eigenvalue weighted by Gasteiger charge is -2.09. The summed E-state index contributed by atoms with van der Waals surface area (Å²) >= 11 is 0. The SMILES string of the molecule is Cc1c(C(O)c2cnnn2C)cnn1C. The van der Waals surface area contributed by atoms with Crippen LogP contribution in [0.3, 0.4) is 0 Å². The average molecular weight is 207 g/mol. The Hall–Kier alpha value is -1.69. The van der Waals surface area contributed by atoms with E-state index in [-0.39, 0.29) is 0 Å². The molecule has 0 amide bonds. The van der Waals surface area contributed by atoms with Crippen LogP contribution in [-0.2, 0) is 14.1 Å². The third-order valence-electron chi connectivity index (χ3n) is 2.60. The fraction of sp³-hybridized carbons (Fsp3) is 0.444. The van der Waals surface area contributed by atoms with Crippen LogP contribution in [0, 0.1) is 6.92 Å². The molecule has 6 heteroatoms. The van der Waals surface area contributed by atoms with Crippen LogP contribution in [-0.4, -0.2) is 29.9 Å². The lowest BCUT2D eigenvalue weighted by atomic mass is 10.1. The van der Waals surface area contributed by atoms with Gasteiger partial charge in [-0.15, -0.1) is 5.10 Å². The second kappa shape index (κ2) is 3.47. The Morgan fingerprint density at radius 1 is 1.27 bits per heavy atom. The molecule has 15 heavy (non-hydrogen) atoms. The number of hydrogen-bond donors (Lipinski definition) is 1. The number of hydrogen-bond acceptors (Lipinski definition) is 4. The third-order valence-corrected chi connectivity index (χ3v) is 2.60. The zero-order valence-electron chi connectivity index (χ0n) is 8.92. The van der Waals surface area contributed by atoms with Crippen molar-refractivity contribution in [3.63, 3.8) is 0 Å². The van der Waals surface area contributed by atoms with E-state index >= 15 is 0 Å². The van der Waals surface area contributed by atoms with Gasteiger partial charge in [0.05, 0.1) is 18.1 Å². The molecule has 2 aromatic rings. The first-order valence-electron chi connectivity index (χ1n) is 4.62. The number of aliphatic hydroxyl groups excluding tert-OH is 1. The standard InChI is InChI=1S/C9H13N5O/c1-6-7(4-11-13(6)2)9(15)8-5-10-12-14(8)3/h4-5,9,15H,1-3H3. The minimum Gasteiger partial charge on any atom is -0.382 e. The molecule has 1 unspecified atom stereocenters. The van der Waals surface area contributed by atoms with Gasteiger partial charge in [0, 0.05) is 25.4 Å². The van der Waals surface area contributed by atoms with Gasteiger partial charge >= 0.3 is 0 Å². The van der Waals surface area contributed by atoms with Gasteiger partial charge in [0.25, 0.3) is 0 Å². The van der Waals surface area contributed by atoms with E-state index in [0.717, 1.165) is 11.3 Å². The minimum absolute atomic E-state index is 0.658. The molecule has 0 aliphatic heterocycles. The van der Waals surface area contributed by atoms with E-state index in [4.69, 9.17) is 0 Å². The molecular weight excluding hydrogens is 194 g/mol. The van der Waals surface area contributed by atoms with Crippen molar-refractivity contribution in [1.82, 2.24) is 24.8 Å². The van der Waals surface area contributed by atoms with Crippen LogP contribution in [0.4, 0.5) is 0 Å². The van der Waals surface area contributed by atoms with Crippen molar-refractivity contribution >= 4 is 0 Å². The van der Waals surface area contributed by atoms with Gasteiger partial charge in [-0.05, 0) is 6.92 Å². The molecule has 80 valence electrons. The van der Waals surface area contributed by atoms with Crippen LogP contribution >= 0.6 is 0 Å². The Balaban J connectivity index is 2.41. The van der Waals surface area contributed by atoms with E-state index in [9.17, 15) is 5.11 Å². The second-order valence-corrected chi connectivity index (χ2v) is 3.49. The van der Waals surface area contributed by atoms with Crippen LogP contribution in [0.1, 0.15) is 23.1 Å². The van der Waals surface area contributed by atoms with Crippen LogP contribution in [0.2, 0.25) is 0 Å². The molecule has 0 fully saturated rings. The van der Waals surface area contributed by atoms with Crippen molar-refractivity contribution in [1.29, 1.82) is 0 Å². The Bertz CT molecular complexity index is 473. The van der Waals surface area contributed by atoms with Crippen LogP contribution in [0.15, 0.2) is 12.4 Å². The van der Waals surface area contributed by atoms with E-state index in [1.54, 1.807) is 28.8 Å². The predicted molar refractivity (Wildman–Crippen MR) is 53.0 cm³/mol. The lowest BCUT2D eigenvalue weighted by Crippen LogP contribution is -2.07. The highest BCUT2D eigenvalue weighted by Gasteiger charge is 2.18. The summed E-state index contributed by atoms with van der Waals surface area (Å²) in [6, 6.07) is 0. The lowest BCUT2D eigenvalue weighted by molar-refractivity contribution is 0.209. The molecule has 2 aromatic heterocycles. The fourth-order valence-corrected chi connectivity index (χ4v) is 1.49. The molecule has 0 radical (unpaired) electrons. The van der Waals surface area contributed by atoms with Gasteiger partial charge in [-0.25, -0.2) is 4.68 Å². The predicted octanol–water partition coefficient (Wildman–Crippen LogP) is -0.0613. The molecule has 0 aliphatic carbocycles. The van der Waals surface area contributed by atoms with Gasteiger partial charge in [0.15, 0.2) is 0 Å². The maximum absolute atomic E-state index is 10.1. The highest BCUT2D eigenvalue weighted by atomic mass is 16.3. The summed E-state index contributed by atoms with van der Waals surface area (Å²) in [4.78, 5) is 0. The molecule has 2 rings (SSSR count). The number of aryl methyl sites for hydroxylation is 2. The molecule has 6 nitrogen and oxygen atoms in total. The van der Waals surface area contributed by atoms with Crippen molar-refractivity contribution in [2.45, 2.75) is 13.0 Å². The van der Waals surface area contributed by atoms with E-state index in [1.807, 2.05) is 14.0 Å². The van der Waals surface area contributed by atoms with Crippen LogP contribution in [0.25, 0.3) is 0 Å². The number of aromatic nitrogens is 5. The summed E-state index contributed by atoms with van der Waals surface area (Å²) in [6.45, 7) is 1.91. The highest BCUT2D eigenvalue weighted by Crippen LogP contribution is 2.22. The molecule has 0 saturated carbocycles. The second-order valence-electron chi connectivity index (χ2n) is 3.49. The summed E-state index contributed by atoms with van der Waals surface area (Å²) in [7, 11) is 3.59. The zero-order valence-corrected chi connectivity index (χ0v) is 8.92. The maximum atomic E-state index is 10.1. The number of rotatable bonds is 2. The first kappa shape index (κ1) is 9.85.